The summed E-state index contributed by atoms with van der Waals surface area (Å²) >= 11 is 0. The zero-order valence-electron chi connectivity index (χ0n) is 13.8. The highest BCUT2D eigenvalue weighted by molar-refractivity contribution is 5.99. The second-order valence-electron chi connectivity index (χ2n) is 6.87. The zero-order valence-corrected chi connectivity index (χ0v) is 13.8. The van der Waals surface area contributed by atoms with Gasteiger partial charge in [-0.15, -0.1) is 0 Å². The van der Waals surface area contributed by atoms with E-state index in [0.29, 0.717) is 12.3 Å². The Morgan fingerprint density at radius 3 is 2.48 bits per heavy atom. The second-order valence-corrected chi connectivity index (χ2v) is 6.87. The quantitative estimate of drug-likeness (QED) is 0.847. The number of hydrogen-bond acceptors (Lipinski definition) is 2. The van der Waals surface area contributed by atoms with E-state index in [1.54, 1.807) is 0 Å². The van der Waals surface area contributed by atoms with E-state index in [2.05, 4.69) is 19.2 Å². The van der Waals surface area contributed by atoms with Gasteiger partial charge in [-0.2, -0.15) is 0 Å². The molecular weight excluding hydrogens is 264 g/mol. The molecule has 0 aromatic heterocycles. The number of carbonyl (C=O) groups is 2. The Bertz CT molecular complexity index is 388. The van der Waals surface area contributed by atoms with Gasteiger partial charge in [-0.3, -0.25) is 9.59 Å². The minimum Gasteiger partial charge on any atom is -0.342 e. The van der Waals surface area contributed by atoms with E-state index >= 15 is 0 Å². The standard InChI is InChI=1S/C17H30N2O2/c1-4-9-13(3)12-19-15(20)14(5-2)18-16(21)17(19)10-7-6-8-11-17/h13-14H,4-12H2,1-3H3,(H,18,21). The molecule has 1 aliphatic carbocycles. The maximum atomic E-state index is 12.8. The molecule has 1 heterocycles. The smallest absolute Gasteiger partial charge is 0.246 e. The number of amides is 2. The second kappa shape index (κ2) is 6.80. The van der Waals surface area contributed by atoms with Crippen LogP contribution >= 0.6 is 0 Å². The Kier molecular flexibility index (Phi) is 5.28. The molecule has 2 rings (SSSR count). The van der Waals surface area contributed by atoms with Crippen LogP contribution in [0.15, 0.2) is 0 Å². The van der Waals surface area contributed by atoms with Gasteiger partial charge in [0.1, 0.15) is 11.6 Å². The normalized spacial score (nSPS) is 26.8. The number of nitrogens with zero attached hydrogens (tertiary/aromatic N) is 1. The lowest BCUT2D eigenvalue weighted by Crippen LogP contribution is -2.71. The molecule has 2 amide bonds. The van der Waals surface area contributed by atoms with Gasteiger partial charge in [0.15, 0.2) is 0 Å². The van der Waals surface area contributed by atoms with Crippen molar-refractivity contribution in [3.05, 3.63) is 0 Å². The molecule has 4 heteroatoms. The highest BCUT2D eigenvalue weighted by Crippen LogP contribution is 2.37. The molecule has 2 fully saturated rings. The summed E-state index contributed by atoms with van der Waals surface area (Å²) in [4.78, 5) is 27.5. The van der Waals surface area contributed by atoms with E-state index in [-0.39, 0.29) is 17.9 Å². The summed E-state index contributed by atoms with van der Waals surface area (Å²) in [5.74, 6) is 0.695. The third kappa shape index (κ3) is 3.09. The lowest BCUT2D eigenvalue weighted by Gasteiger charge is -2.50. The minimum absolute atomic E-state index is 0.0948. The molecule has 4 nitrogen and oxygen atoms in total. The Labute approximate surface area is 128 Å². The predicted octanol–water partition coefficient (Wildman–Crippen LogP) is 2.86. The van der Waals surface area contributed by atoms with Crippen LogP contribution < -0.4 is 5.32 Å². The first-order chi connectivity index (χ1) is 10.0. The molecule has 2 unspecified atom stereocenters. The fourth-order valence-electron chi connectivity index (χ4n) is 3.95. The first-order valence-electron chi connectivity index (χ1n) is 8.67. The van der Waals surface area contributed by atoms with Gasteiger partial charge in [0.05, 0.1) is 0 Å². The van der Waals surface area contributed by atoms with Crippen molar-refractivity contribution in [3.8, 4) is 0 Å². The molecule has 2 atom stereocenters. The van der Waals surface area contributed by atoms with Crippen molar-refractivity contribution in [3.63, 3.8) is 0 Å². The summed E-state index contributed by atoms with van der Waals surface area (Å²) in [6, 6.07) is -0.320. The van der Waals surface area contributed by atoms with Gasteiger partial charge in [-0.25, -0.2) is 0 Å². The Balaban J connectivity index is 2.25. The molecule has 1 spiro atoms. The molecule has 0 aromatic rings. The SMILES string of the molecule is CCCC(C)CN1C(=O)C(CC)NC(=O)C12CCCCC2. The summed E-state index contributed by atoms with van der Waals surface area (Å²) < 4.78 is 0. The van der Waals surface area contributed by atoms with E-state index < -0.39 is 5.54 Å². The summed E-state index contributed by atoms with van der Waals surface area (Å²) in [7, 11) is 0. The first kappa shape index (κ1) is 16.3. The van der Waals surface area contributed by atoms with Crippen molar-refractivity contribution in [2.24, 2.45) is 5.92 Å². The van der Waals surface area contributed by atoms with Gasteiger partial charge in [0.2, 0.25) is 11.8 Å². The molecule has 1 aliphatic heterocycles. The Morgan fingerprint density at radius 1 is 1.24 bits per heavy atom. The topological polar surface area (TPSA) is 49.4 Å². The van der Waals surface area contributed by atoms with Crippen LogP contribution in [-0.4, -0.2) is 34.8 Å². The van der Waals surface area contributed by atoms with E-state index in [9.17, 15) is 9.59 Å². The molecule has 2 aliphatic rings. The average Bonchev–Trinajstić information content (AvgIpc) is 2.49. The van der Waals surface area contributed by atoms with Gasteiger partial charge in [0.25, 0.3) is 0 Å². The van der Waals surface area contributed by atoms with E-state index in [4.69, 9.17) is 0 Å². The molecular formula is C17H30N2O2. The molecule has 0 bridgehead atoms. The van der Waals surface area contributed by atoms with Crippen LogP contribution in [0.25, 0.3) is 0 Å². The number of carbonyl (C=O) groups excluding carboxylic acids is 2. The lowest BCUT2D eigenvalue weighted by molar-refractivity contribution is -0.161. The highest BCUT2D eigenvalue weighted by atomic mass is 16.2. The van der Waals surface area contributed by atoms with Crippen LogP contribution in [-0.2, 0) is 9.59 Å². The summed E-state index contributed by atoms with van der Waals surface area (Å²) in [6.45, 7) is 7.07. The van der Waals surface area contributed by atoms with Gasteiger partial charge in [-0.1, -0.05) is 46.5 Å². The van der Waals surface area contributed by atoms with Crippen LogP contribution in [0.1, 0.15) is 72.1 Å². The molecule has 21 heavy (non-hydrogen) atoms. The number of rotatable bonds is 5. The summed E-state index contributed by atoms with van der Waals surface area (Å²) in [5, 5.41) is 2.98. The molecule has 1 saturated carbocycles. The van der Waals surface area contributed by atoms with Crippen LogP contribution in [0, 0.1) is 5.92 Å². The van der Waals surface area contributed by atoms with Gasteiger partial charge < -0.3 is 10.2 Å². The van der Waals surface area contributed by atoms with Crippen molar-refractivity contribution in [2.45, 2.75) is 83.7 Å². The van der Waals surface area contributed by atoms with E-state index in [0.717, 1.165) is 45.1 Å². The number of piperazine rings is 1. The average molecular weight is 294 g/mol. The van der Waals surface area contributed by atoms with Crippen molar-refractivity contribution < 1.29 is 9.59 Å². The van der Waals surface area contributed by atoms with Crippen molar-refractivity contribution in [1.82, 2.24) is 10.2 Å². The van der Waals surface area contributed by atoms with Crippen LogP contribution in [0.5, 0.6) is 0 Å². The van der Waals surface area contributed by atoms with Gasteiger partial charge >= 0.3 is 0 Å². The fourth-order valence-corrected chi connectivity index (χ4v) is 3.95. The molecule has 120 valence electrons. The summed E-state index contributed by atoms with van der Waals surface area (Å²) in [5.41, 5.74) is -0.553. The largest absolute Gasteiger partial charge is 0.342 e. The lowest BCUT2D eigenvalue weighted by atomic mass is 9.76. The summed E-state index contributed by atoms with van der Waals surface area (Å²) in [6.07, 6.45) is 7.86. The first-order valence-corrected chi connectivity index (χ1v) is 8.67. The Hall–Kier alpha value is -1.06. The minimum atomic E-state index is -0.553. The zero-order chi connectivity index (χ0) is 15.5. The van der Waals surface area contributed by atoms with Crippen molar-refractivity contribution >= 4 is 11.8 Å². The maximum Gasteiger partial charge on any atom is 0.246 e. The molecule has 0 aromatic carbocycles. The van der Waals surface area contributed by atoms with Gasteiger partial charge in [-0.05, 0) is 31.6 Å². The molecule has 1 N–H and O–H groups in total. The molecule has 1 saturated heterocycles. The van der Waals surface area contributed by atoms with E-state index in [1.165, 1.54) is 6.42 Å². The Morgan fingerprint density at radius 2 is 1.90 bits per heavy atom. The fraction of sp³-hybridized carbons (Fsp3) is 0.882. The molecule has 0 radical (unpaired) electrons. The predicted molar refractivity (Wildman–Crippen MR) is 83.8 cm³/mol. The maximum absolute atomic E-state index is 12.8. The van der Waals surface area contributed by atoms with Gasteiger partial charge in [0, 0.05) is 6.54 Å². The van der Waals surface area contributed by atoms with Crippen LogP contribution in [0.2, 0.25) is 0 Å². The number of nitrogens with one attached hydrogen (secondary N) is 1. The van der Waals surface area contributed by atoms with Crippen molar-refractivity contribution in [2.75, 3.05) is 6.54 Å². The number of hydrogen-bond donors (Lipinski definition) is 1. The van der Waals surface area contributed by atoms with Crippen LogP contribution in [0.4, 0.5) is 0 Å². The van der Waals surface area contributed by atoms with Crippen LogP contribution in [0.3, 0.4) is 0 Å². The highest BCUT2D eigenvalue weighted by Gasteiger charge is 2.52. The van der Waals surface area contributed by atoms with E-state index in [1.807, 2.05) is 11.8 Å². The third-order valence-corrected chi connectivity index (χ3v) is 5.17. The monoisotopic (exact) mass is 294 g/mol. The third-order valence-electron chi connectivity index (χ3n) is 5.17. The van der Waals surface area contributed by atoms with Crippen molar-refractivity contribution in [1.29, 1.82) is 0 Å².